The SMILES string of the molecule is CC1(C)C(=O)N(C(=O)c2cccc3ccccc23)C(=O)N1Cc1cccc(Cl)c1. The molecule has 5 nitrogen and oxygen atoms in total. The Kier molecular flexibility index (Phi) is 4.63. The third-order valence-corrected chi connectivity index (χ3v) is 5.51. The summed E-state index contributed by atoms with van der Waals surface area (Å²) in [6.45, 7) is 3.47. The van der Waals surface area contributed by atoms with Gasteiger partial charge in [0, 0.05) is 17.1 Å². The molecule has 0 radical (unpaired) electrons. The molecule has 3 aromatic carbocycles. The number of amides is 4. The van der Waals surface area contributed by atoms with E-state index in [-0.39, 0.29) is 6.54 Å². The van der Waals surface area contributed by atoms with E-state index in [9.17, 15) is 14.4 Å². The number of halogens is 1. The standard InChI is InChI=1S/C23H19ClN2O3/c1-23(2)21(28)26(22(29)25(23)14-15-7-5-10-17(24)13-15)20(27)19-12-6-9-16-8-3-4-11-18(16)19/h3-13H,14H2,1-2H3. The fourth-order valence-corrected chi connectivity index (χ4v) is 3.84. The van der Waals surface area contributed by atoms with Gasteiger partial charge in [-0.25, -0.2) is 4.79 Å². The summed E-state index contributed by atoms with van der Waals surface area (Å²) in [6.07, 6.45) is 0. The van der Waals surface area contributed by atoms with Gasteiger partial charge in [-0.1, -0.05) is 60.1 Å². The van der Waals surface area contributed by atoms with Gasteiger partial charge in [0.2, 0.25) is 0 Å². The summed E-state index contributed by atoms with van der Waals surface area (Å²) in [4.78, 5) is 41.6. The van der Waals surface area contributed by atoms with Crippen LogP contribution in [0.2, 0.25) is 5.02 Å². The minimum atomic E-state index is -1.15. The molecule has 6 heteroatoms. The van der Waals surface area contributed by atoms with Gasteiger partial charge in [0.05, 0.1) is 0 Å². The maximum absolute atomic E-state index is 13.3. The topological polar surface area (TPSA) is 57.7 Å². The average Bonchev–Trinajstić information content (AvgIpc) is 2.87. The molecular weight excluding hydrogens is 388 g/mol. The number of imide groups is 3. The van der Waals surface area contributed by atoms with Crippen molar-refractivity contribution in [1.29, 1.82) is 0 Å². The summed E-state index contributed by atoms with van der Waals surface area (Å²) >= 11 is 6.05. The zero-order valence-corrected chi connectivity index (χ0v) is 16.8. The summed E-state index contributed by atoms with van der Waals surface area (Å²) in [7, 11) is 0. The van der Waals surface area contributed by atoms with Gasteiger partial charge in [0.25, 0.3) is 11.8 Å². The number of urea groups is 1. The van der Waals surface area contributed by atoms with Crippen molar-refractivity contribution in [1.82, 2.24) is 9.80 Å². The molecule has 146 valence electrons. The number of nitrogens with zero attached hydrogens (tertiary/aromatic N) is 2. The van der Waals surface area contributed by atoms with Crippen molar-refractivity contribution in [2.45, 2.75) is 25.9 Å². The lowest BCUT2D eigenvalue weighted by Gasteiger charge is -2.27. The fourth-order valence-electron chi connectivity index (χ4n) is 3.63. The first-order chi connectivity index (χ1) is 13.8. The minimum absolute atomic E-state index is 0.178. The fraction of sp³-hybridized carbons (Fsp3) is 0.174. The predicted octanol–water partition coefficient (Wildman–Crippen LogP) is 4.88. The molecule has 1 aliphatic heterocycles. The molecule has 4 rings (SSSR count). The molecule has 29 heavy (non-hydrogen) atoms. The molecule has 4 amide bonds. The molecule has 0 aliphatic carbocycles. The molecule has 3 aromatic rings. The first kappa shape index (κ1) is 19.2. The number of hydrogen-bond donors (Lipinski definition) is 0. The molecule has 0 aromatic heterocycles. The lowest BCUT2D eigenvalue weighted by atomic mass is 10.0. The van der Waals surface area contributed by atoms with Gasteiger partial charge in [-0.3, -0.25) is 9.59 Å². The molecule has 1 fully saturated rings. The number of benzene rings is 3. The van der Waals surface area contributed by atoms with E-state index in [1.807, 2.05) is 36.4 Å². The summed E-state index contributed by atoms with van der Waals surface area (Å²) in [6, 6.07) is 19.1. The van der Waals surface area contributed by atoms with E-state index in [0.717, 1.165) is 15.8 Å². The lowest BCUT2D eigenvalue weighted by Crippen LogP contribution is -2.43. The van der Waals surface area contributed by atoms with Gasteiger partial charge >= 0.3 is 6.03 Å². The van der Waals surface area contributed by atoms with E-state index in [1.165, 1.54) is 4.90 Å². The first-order valence-electron chi connectivity index (χ1n) is 9.23. The zero-order chi connectivity index (χ0) is 20.8. The molecule has 1 saturated heterocycles. The summed E-state index contributed by atoms with van der Waals surface area (Å²) in [5, 5.41) is 2.11. The Morgan fingerprint density at radius 3 is 2.41 bits per heavy atom. The van der Waals surface area contributed by atoms with Gasteiger partial charge in [-0.15, -0.1) is 0 Å². The normalized spacial score (nSPS) is 16.0. The van der Waals surface area contributed by atoms with Crippen LogP contribution >= 0.6 is 11.6 Å². The Balaban J connectivity index is 1.72. The molecule has 0 unspecified atom stereocenters. The van der Waals surface area contributed by atoms with Crippen LogP contribution in [0.3, 0.4) is 0 Å². The van der Waals surface area contributed by atoms with Gasteiger partial charge in [-0.05, 0) is 48.4 Å². The summed E-state index contributed by atoms with van der Waals surface area (Å²) in [5.41, 5.74) is -0.0454. The number of hydrogen-bond acceptors (Lipinski definition) is 3. The largest absolute Gasteiger partial charge is 0.335 e. The van der Waals surface area contributed by atoms with Crippen LogP contribution in [0.1, 0.15) is 29.8 Å². The van der Waals surface area contributed by atoms with E-state index in [0.29, 0.717) is 16.0 Å². The predicted molar refractivity (Wildman–Crippen MR) is 112 cm³/mol. The highest BCUT2D eigenvalue weighted by Gasteiger charge is 2.53. The third-order valence-electron chi connectivity index (χ3n) is 5.28. The van der Waals surface area contributed by atoms with Gasteiger partial charge in [0.1, 0.15) is 5.54 Å². The summed E-state index contributed by atoms with van der Waals surface area (Å²) < 4.78 is 0. The smallest absolute Gasteiger partial charge is 0.305 e. The Hall–Kier alpha value is -3.18. The first-order valence-corrected chi connectivity index (χ1v) is 9.61. The maximum atomic E-state index is 13.3. The van der Waals surface area contributed by atoms with Crippen molar-refractivity contribution >= 4 is 40.2 Å². The monoisotopic (exact) mass is 406 g/mol. The van der Waals surface area contributed by atoms with E-state index in [2.05, 4.69) is 0 Å². The van der Waals surface area contributed by atoms with Crippen LogP contribution in [0, 0.1) is 0 Å². The van der Waals surface area contributed by atoms with E-state index < -0.39 is 23.4 Å². The average molecular weight is 407 g/mol. The highest BCUT2D eigenvalue weighted by Crippen LogP contribution is 2.32. The van der Waals surface area contributed by atoms with E-state index >= 15 is 0 Å². The summed E-state index contributed by atoms with van der Waals surface area (Å²) in [5.74, 6) is -1.15. The lowest BCUT2D eigenvalue weighted by molar-refractivity contribution is -0.130. The quantitative estimate of drug-likeness (QED) is 0.460. The second-order valence-electron chi connectivity index (χ2n) is 7.53. The van der Waals surface area contributed by atoms with Crippen molar-refractivity contribution in [3.05, 3.63) is 82.9 Å². The minimum Gasteiger partial charge on any atom is -0.305 e. The second-order valence-corrected chi connectivity index (χ2v) is 7.97. The molecule has 0 saturated carbocycles. The molecule has 0 bridgehead atoms. The number of fused-ring (bicyclic) bond motifs is 1. The van der Waals surface area contributed by atoms with Crippen LogP contribution in [-0.4, -0.2) is 33.2 Å². The second kappa shape index (κ2) is 7.01. The molecule has 1 heterocycles. The van der Waals surface area contributed by atoms with Crippen LogP contribution in [0.4, 0.5) is 4.79 Å². The van der Waals surface area contributed by atoms with Crippen molar-refractivity contribution in [3.63, 3.8) is 0 Å². The van der Waals surface area contributed by atoms with Crippen molar-refractivity contribution in [3.8, 4) is 0 Å². The van der Waals surface area contributed by atoms with Crippen LogP contribution in [0.5, 0.6) is 0 Å². The molecule has 0 spiro atoms. The number of rotatable bonds is 3. The van der Waals surface area contributed by atoms with Crippen LogP contribution in [0.25, 0.3) is 10.8 Å². The van der Waals surface area contributed by atoms with Crippen LogP contribution < -0.4 is 0 Å². The highest BCUT2D eigenvalue weighted by atomic mass is 35.5. The molecule has 0 N–H and O–H groups in total. The number of carbonyl (C=O) groups excluding carboxylic acids is 3. The van der Waals surface area contributed by atoms with E-state index in [1.54, 1.807) is 44.2 Å². The Bertz CT molecular complexity index is 1150. The molecule has 1 aliphatic rings. The van der Waals surface area contributed by atoms with Gasteiger partial charge in [-0.2, -0.15) is 4.90 Å². The molecular formula is C23H19ClN2O3. The Morgan fingerprint density at radius 2 is 1.66 bits per heavy atom. The Labute approximate surface area is 173 Å². The van der Waals surface area contributed by atoms with Crippen molar-refractivity contribution in [2.75, 3.05) is 0 Å². The zero-order valence-electron chi connectivity index (χ0n) is 16.1. The van der Waals surface area contributed by atoms with Crippen molar-refractivity contribution in [2.24, 2.45) is 0 Å². The molecule has 0 atom stereocenters. The Morgan fingerprint density at radius 1 is 0.966 bits per heavy atom. The van der Waals surface area contributed by atoms with Crippen molar-refractivity contribution < 1.29 is 14.4 Å². The number of carbonyl (C=O) groups is 3. The maximum Gasteiger partial charge on any atom is 0.335 e. The van der Waals surface area contributed by atoms with E-state index in [4.69, 9.17) is 11.6 Å². The van der Waals surface area contributed by atoms with Crippen LogP contribution in [-0.2, 0) is 11.3 Å². The van der Waals surface area contributed by atoms with Gasteiger partial charge in [0.15, 0.2) is 0 Å². The van der Waals surface area contributed by atoms with Gasteiger partial charge < -0.3 is 4.90 Å². The third kappa shape index (κ3) is 3.17. The highest BCUT2D eigenvalue weighted by molar-refractivity contribution is 6.30. The van der Waals surface area contributed by atoms with Crippen LogP contribution in [0.15, 0.2) is 66.7 Å².